The zero-order valence-corrected chi connectivity index (χ0v) is 10.7. The van der Waals surface area contributed by atoms with E-state index in [0.29, 0.717) is 5.92 Å². The lowest BCUT2D eigenvalue weighted by molar-refractivity contribution is -0.131. The minimum Gasteiger partial charge on any atom is -0.341 e. The molecule has 2 rings (SSSR count). The summed E-state index contributed by atoms with van der Waals surface area (Å²) in [6.45, 7) is 3.62. The van der Waals surface area contributed by atoms with Crippen LogP contribution in [0.5, 0.6) is 0 Å². The number of aryl methyl sites for hydroxylation is 1. The second-order valence-electron chi connectivity index (χ2n) is 4.92. The molecule has 1 unspecified atom stereocenters. The van der Waals surface area contributed by atoms with E-state index in [1.54, 1.807) is 0 Å². The molecule has 1 aromatic carbocycles. The fourth-order valence-corrected chi connectivity index (χ4v) is 2.49. The summed E-state index contributed by atoms with van der Waals surface area (Å²) in [6.07, 6.45) is 2.15. The molecule has 18 heavy (non-hydrogen) atoms. The van der Waals surface area contributed by atoms with Gasteiger partial charge in [-0.2, -0.15) is 5.26 Å². The van der Waals surface area contributed by atoms with Gasteiger partial charge in [-0.25, -0.2) is 0 Å². The van der Waals surface area contributed by atoms with Gasteiger partial charge in [0.1, 0.15) is 6.42 Å². The van der Waals surface area contributed by atoms with E-state index in [-0.39, 0.29) is 12.3 Å². The number of piperidine rings is 1. The molecule has 1 heterocycles. The van der Waals surface area contributed by atoms with Gasteiger partial charge in [-0.05, 0) is 25.3 Å². The SMILES string of the molecule is Cc1ccc(C2CCCN(C(=O)CC#N)C2)cc1. The van der Waals surface area contributed by atoms with Crippen LogP contribution in [0.3, 0.4) is 0 Å². The van der Waals surface area contributed by atoms with Gasteiger partial charge in [0.05, 0.1) is 6.07 Å². The fraction of sp³-hybridized carbons (Fsp3) is 0.467. The first-order chi connectivity index (χ1) is 8.70. The summed E-state index contributed by atoms with van der Waals surface area (Å²) < 4.78 is 0. The highest BCUT2D eigenvalue weighted by Gasteiger charge is 2.24. The quantitative estimate of drug-likeness (QED) is 0.800. The van der Waals surface area contributed by atoms with Crippen LogP contribution in [0, 0.1) is 18.3 Å². The number of carbonyl (C=O) groups excluding carboxylic acids is 1. The standard InChI is InChI=1S/C15H18N2O/c1-12-4-6-13(7-5-12)14-3-2-10-17(11-14)15(18)8-9-16/h4-7,14H,2-3,8,10-11H2,1H3. The molecule has 0 spiro atoms. The van der Waals surface area contributed by atoms with Crippen LogP contribution < -0.4 is 0 Å². The Morgan fingerprint density at radius 2 is 2.17 bits per heavy atom. The molecule has 94 valence electrons. The van der Waals surface area contributed by atoms with Crippen molar-refractivity contribution in [3.63, 3.8) is 0 Å². The van der Waals surface area contributed by atoms with E-state index < -0.39 is 0 Å². The number of hydrogen-bond acceptors (Lipinski definition) is 2. The van der Waals surface area contributed by atoms with E-state index in [2.05, 4.69) is 31.2 Å². The third-order valence-electron chi connectivity index (χ3n) is 3.55. The second-order valence-corrected chi connectivity index (χ2v) is 4.92. The van der Waals surface area contributed by atoms with Crippen molar-refractivity contribution in [1.82, 2.24) is 4.90 Å². The highest BCUT2D eigenvalue weighted by atomic mass is 16.2. The molecule has 0 saturated carbocycles. The molecule has 1 amide bonds. The van der Waals surface area contributed by atoms with E-state index in [1.807, 2.05) is 11.0 Å². The molecule has 0 aromatic heterocycles. The molecule has 1 aliphatic rings. The topological polar surface area (TPSA) is 44.1 Å². The highest BCUT2D eigenvalue weighted by molar-refractivity contribution is 5.78. The van der Waals surface area contributed by atoms with E-state index in [1.165, 1.54) is 11.1 Å². The van der Waals surface area contributed by atoms with E-state index in [0.717, 1.165) is 25.9 Å². The van der Waals surface area contributed by atoms with Gasteiger partial charge in [-0.3, -0.25) is 4.79 Å². The summed E-state index contributed by atoms with van der Waals surface area (Å²) in [5, 5.41) is 8.58. The predicted molar refractivity (Wildman–Crippen MR) is 70.0 cm³/mol. The van der Waals surface area contributed by atoms with Gasteiger partial charge in [0.15, 0.2) is 0 Å². The average molecular weight is 242 g/mol. The zero-order valence-electron chi connectivity index (χ0n) is 10.7. The van der Waals surface area contributed by atoms with Crippen molar-refractivity contribution in [2.45, 2.75) is 32.1 Å². The number of hydrogen-bond donors (Lipinski definition) is 0. The Balaban J connectivity index is 2.05. The van der Waals surface area contributed by atoms with Gasteiger partial charge in [-0.15, -0.1) is 0 Å². The molecule has 1 atom stereocenters. The van der Waals surface area contributed by atoms with E-state index in [9.17, 15) is 4.79 Å². The molecule has 1 aliphatic heterocycles. The summed E-state index contributed by atoms with van der Waals surface area (Å²) in [5.74, 6) is 0.385. The number of likely N-dealkylation sites (tertiary alicyclic amines) is 1. The molecule has 3 nitrogen and oxygen atoms in total. The summed E-state index contributed by atoms with van der Waals surface area (Å²) in [7, 11) is 0. The summed E-state index contributed by atoms with van der Waals surface area (Å²) in [4.78, 5) is 13.6. The molecule has 0 aliphatic carbocycles. The summed E-state index contributed by atoms with van der Waals surface area (Å²) >= 11 is 0. The van der Waals surface area contributed by atoms with Crippen LogP contribution in [0.1, 0.15) is 36.3 Å². The molecule has 1 fully saturated rings. The third-order valence-corrected chi connectivity index (χ3v) is 3.55. The highest BCUT2D eigenvalue weighted by Crippen LogP contribution is 2.27. The molecule has 1 aromatic rings. The van der Waals surface area contributed by atoms with Crippen LogP contribution in [0.4, 0.5) is 0 Å². The largest absolute Gasteiger partial charge is 0.341 e. The van der Waals surface area contributed by atoms with Gasteiger partial charge in [0.2, 0.25) is 5.91 Å². The van der Waals surface area contributed by atoms with Gasteiger partial charge < -0.3 is 4.90 Å². The van der Waals surface area contributed by atoms with Crippen LogP contribution >= 0.6 is 0 Å². The lowest BCUT2D eigenvalue weighted by Gasteiger charge is -2.32. The van der Waals surface area contributed by atoms with Crippen molar-refractivity contribution < 1.29 is 4.79 Å². The second kappa shape index (κ2) is 5.68. The van der Waals surface area contributed by atoms with Crippen LogP contribution in [0.25, 0.3) is 0 Å². The first-order valence-electron chi connectivity index (χ1n) is 6.42. The molecular weight excluding hydrogens is 224 g/mol. The number of rotatable bonds is 2. The Kier molecular flexibility index (Phi) is 3.99. The monoisotopic (exact) mass is 242 g/mol. The summed E-state index contributed by atoms with van der Waals surface area (Å²) in [5.41, 5.74) is 2.56. The Labute approximate surface area is 108 Å². The first kappa shape index (κ1) is 12.6. The predicted octanol–water partition coefficient (Wildman–Crippen LogP) is 2.61. The maximum absolute atomic E-state index is 11.7. The number of benzene rings is 1. The van der Waals surface area contributed by atoms with Crippen molar-refractivity contribution in [3.05, 3.63) is 35.4 Å². The first-order valence-corrected chi connectivity index (χ1v) is 6.42. The molecule has 1 saturated heterocycles. The van der Waals surface area contributed by atoms with Crippen LogP contribution in [-0.2, 0) is 4.79 Å². The van der Waals surface area contributed by atoms with Gasteiger partial charge in [0, 0.05) is 19.0 Å². The fourth-order valence-electron chi connectivity index (χ4n) is 2.49. The molecule has 0 bridgehead atoms. The van der Waals surface area contributed by atoms with Crippen molar-refractivity contribution >= 4 is 5.91 Å². The Morgan fingerprint density at radius 1 is 1.44 bits per heavy atom. The summed E-state index contributed by atoms with van der Waals surface area (Å²) in [6, 6.07) is 10.5. The normalized spacial score (nSPS) is 19.3. The van der Waals surface area contributed by atoms with E-state index >= 15 is 0 Å². The molecule has 0 N–H and O–H groups in total. The molecule has 0 radical (unpaired) electrons. The Hall–Kier alpha value is -1.82. The molecular formula is C15H18N2O. The number of nitrogens with zero attached hydrogens (tertiary/aromatic N) is 2. The molecule has 3 heteroatoms. The van der Waals surface area contributed by atoms with Gasteiger partial charge in [0.25, 0.3) is 0 Å². The van der Waals surface area contributed by atoms with Gasteiger partial charge >= 0.3 is 0 Å². The van der Waals surface area contributed by atoms with Crippen molar-refractivity contribution in [2.24, 2.45) is 0 Å². The van der Waals surface area contributed by atoms with Crippen LogP contribution in [-0.4, -0.2) is 23.9 Å². The lowest BCUT2D eigenvalue weighted by Crippen LogP contribution is -2.38. The zero-order chi connectivity index (χ0) is 13.0. The van der Waals surface area contributed by atoms with Crippen LogP contribution in [0.15, 0.2) is 24.3 Å². The number of carbonyl (C=O) groups is 1. The number of amides is 1. The average Bonchev–Trinajstić information content (AvgIpc) is 2.40. The lowest BCUT2D eigenvalue weighted by atomic mass is 9.90. The van der Waals surface area contributed by atoms with Crippen molar-refractivity contribution in [2.75, 3.05) is 13.1 Å². The van der Waals surface area contributed by atoms with Crippen LogP contribution in [0.2, 0.25) is 0 Å². The smallest absolute Gasteiger partial charge is 0.236 e. The number of nitriles is 1. The van der Waals surface area contributed by atoms with Crippen molar-refractivity contribution in [3.8, 4) is 6.07 Å². The van der Waals surface area contributed by atoms with E-state index in [4.69, 9.17) is 5.26 Å². The Morgan fingerprint density at radius 3 is 2.83 bits per heavy atom. The van der Waals surface area contributed by atoms with Gasteiger partial charge in [-0.1, -0.05) is 29.8 Å². The Bertz CT molecular complexity index is 458. The van der Waals surface area contributed by atoms with Crippen molar-refractivity contribution in [1.29, 1.82) is 5.26 Å². The maximum Gasteiger partial charge on any atom is 0.236 e. The minimum atomic E-state index is -0.0330. The minimum absolute atomic E-state index is 0.000613. The maximum atomic E-state index is 11.7. The third kappa shape index (κ3) is 2.89.